The number of alkyl halides is 3. The van der Waals surface area contributed by atoms with E-state index >= 15 is 0 Å². The van der Waals surface area contributed by atoms with Crippen LogP contribution in [-0.2, 0) is 6.18 Å². The van der Waals surface area contributed by atoms with Crippen LogP contribution >= 0.6 is 0 Å². The van der Waals surface area contributed by atoms with Gasteiger partial charge in [0.05, 0.1) is 11.3 Å². The zero-order valence-electron chi connectivity index (χ0n) is 8.18. The smallest absolute Gasteiger partial charge is 0.396 e. The maximum atomic E-state index is 13.1. The monoisotopic (exact) mass is 237 g/mol. The summed E-state index contributed by atoms with van der Waals surface area (Å²) in [6.07, 6.45) is -4.63. The van der Waals surface area contributed by atoms with E-state index in [-0.39, 0.29) is 12.1 Å². The third-order valence-electron chi connectivity index (χ3n) is 2.13. The highest BCUT2D eigenvalue weighted by molar-refractivity contribution is 5.48. The van der Waals surface area contributed by atoms with Crippen molar-refractivity contribution >= 4 is 5.69 Å². The van der Waals surface area contributed by atoms with Gasteiger partial charge in [0.25, 0.3) is 0 Å². The number of rotatable bonds is 2. The zero-order chi connectivity index (χ0) is 12.5. The molecule has 7 heteroatoms. The molecule has 0 unspecified atom stereocenters. The number of benzene rings is 1. The van der Waals surface area contributed by atoms with Crippen LogP contribution < -0.4 is 17.2 Å². The van der Waals surface area contributed by atoms with Gasteiger partial charge in [-0.05, 0) is 17.7 Å². The molecule has 6 N–H and O–H groups in total. The Hall–Kier alpha value is -1.34. The third-order valence-corrected chi connectivity index (χ3v) is 2.13. The van der Waals surface area contributed by atoms with Crippen LogP contribution in [0.4, 0.5) is 23.2 Å². The Kier molecular flexibility index (Phi) is 3.39. The van der Waals surface area contributed by atoms with Gasteiger partial charge in [-0.15, -0.1) is 0 Å². The molecule has 0 amide bonds. The number of halogens is 4. The lowest BCUT2D eigenvalue weighted by atomic mass is 9.99. The molecule has 90 valence electrons. The molecule has 1 atom stereocenters. The van der Waals surface area contributed by atoms with E-state index in [0.717, 1.165) is 0 Å². The fraction of sp³-hybridized carbons (Fsp3) is 0.333. The predicted octanol–water partition coefficient (Wildman–Crippen LogP) is 1.39. The summed E-state index contributed by atoms with van der Waals surface area (Å²) in [5.41, 5.74) is 13.6. The highest BCUT2D eigenvalue weighted by Gasteiger charge is 2.35. The van der Waals surface area contributed by atoms with Crippen molar-refractivity contribution < 1.29 is 17.6 Å². The molecule has 0 saturated carbocycles. The molecule has 1 aromatic carbocycles. The fourth-order valence-corrected chi connectivity index (χ4v) is 1.28. The lowest BCUT2D eigenvalue weighted by molar-refractivity contribution is -0.138. The van der Waals surface area contributed by atoms with Gasteiger partial charge in [0, 0.05) is 12.6 Å². The standard InChI is InChI=1S/C9H11F4N3/c10-6-1-4(8(16)3-14)5(2-7(6)15)9(11,12)13/h1-2,8H,3,14-16H2/t8-/m0/s1. The van der Waals surface area contributed by atoms with Crippen LogP contribution in [0.1, 0.15) is 17.2 Å². The number of hydrogen-bond donors (Lipinski definition) is 3. The topological polar surface area (TPSA) is 78.1 Å². The van der Waals surface area contributed by atoms with Crippen LogP contribution in [0.15, 0.2) is 12.1 Å². The molecule has 0 fully saturated rings. The van der Waals surface area contributed by atoms with Crippen molar-refractivity contribution in [2.45, 2.75) is 12.2 Å². The Labute approximate surface area is 89.2 Å². The van der Waals surface area contributed by atoms with Gasteiger partial charge in [0.15, 0.2) is 0 Å². The maximum Gasteiger partial charge on any atom is 0.416 e. The molecule has 16 heavy (non-hydrogen) atoms. The van der Waals surface area contributed by atoms with E-state index in [1.54, 1.807) is 0 Å². The Morgan fingerprint density at radius 1 is 1.25 bits per heavy atom. The maximum absolute atomic E-state index is 13.1. The summed E-state index contributed by atoms with van der Waals surface area (Å²) in [7, 11) is 0. The van der Waals surface area contributed by atoms with Crippen LogP contribution in [0.3, 0.4) is 0 Å². The normalized spacial score (nSPS) is 13.9. The second-order valence-electron chi connectivity index (χ2n) is 3.30. The van der Waals surface area contributed by atoms with Crippen molar-refractivity contribution in [2.75, 3.05) is 12.3 Å². The van der Waals surface area contributed by atoms with Crippen molar-refractivity contribution in [3.8, 4) is 0 Å². The first-order valence-electron chi connectivity index (χ1n) is 4.39. The summed E-state index contributed by atoms with van der Waals surface area (Å²) < 4.78 is 50.8. The van der Waals surface area contributed by atoms with Gasteiger partial charge in [0.1, 0.15) is 5.82 Å². The summed E-state index contributed by atoms with van der Waals surface area (Å²) in [5, 5.41) is 0. The minimum Gasteiger partial charge on any atom is -0.396 e. The first kappa shape index (κ1) is 12.7. The summed E-state index contributed by atoms with van der Waals surface area (Å²) in [6.45, 7) is -0.216. The Bertz CT molecular complexity index is 389. The molecule has 0 saturated heterocycles. The minimum absolute atomic E-state index is 0.216. The largest absolute Gasteiger partial charge is 0.416 e. The lowest BCUT2D eigenvalue weighted by Crippen LogP contribution is -2.24. The van der Waals surface area contributed by atoms with Crippen molar-refractivity contribution in [2.24, 2.45) is 11.5 Å². The molecule has 3 nitrogen and oxygen atoms in total. The third kappa shape index (κ3) is 2.42. The van der Waals surface area contributed by atoms with E-state index in [2.05, 4.69) is 0 Å². The van der Waals surface area contributed by atoms with E-state index in [0.29, 0.717) is 12.1 Å². The summed E-state index contributed by atoms with van der Waals surface area (Å²) in [4.78, 5) is 0. The van der Waals surface area contributed by atoms with E-state index in [1.165, 1.54) is 0 Å². The summed E-state index contributed by atoms with van der Waals surface area (Å²) in [5.74, 6) is -0.938. The minimum atomic E-state index is -4.63. The molecule has 0 aliphatic heterocycles. The first-order valence-corrected chi connectivity index (χ1v) is 4.39. The molecule has 0 heterocycles. The summed E-state index contributed by atoms with van der Waals surface area (Å²) in [6, 6.07) is 0.127. The zero-order valence-corrected chi connectivity index (χ0v) is 8.18. The Morgan fingerprint density at radius 2 is 1.81 bits per heavy atom. The van der Waals surface area contributed by atoms with Crippen molar-refractivity contribution in [3.63, 3.8) is 0 Å². The van der Waals surface area contributed by atoms with Crippen LogP contribution in [0.25, 0.3) is 0 Å². The van der Waals surface area contributed by atoms with Crippen molar-refractivity contribution in [1.29, 1.82) is 0 Å². The second-order valence-corrected chi connectivity index (χ2v) is 3.30. The van der Waals surface area contributed by atoms with Gasteiger partial charge in [-0.25, -0.2) is 4.39 Å². The van der Waals surface area contributed by atoms with E-state index in [9.17, 15) is 17.6 Å². The van der Waals surface area contributed by atoms with Crippen LogP contribution in [-0.4, -0.2) is 6.54 Å². The quantitative estimate of drug-likeness (QED) is 0.537. The highest BCUT2D eigenvalue weighted by atomic mass is 19.4. The lowest BCUT2D eigenvalue weighted by Gasteiger charge is -2.18. The van der Waals surface area contributed by atoms with Crippen LogP contribution in [0.2, 0.25) is 0 Å². The van der Waals surface area contributed by atoms with Crippen LogP contribution in [0, 0.1) is 5.82 Å². The van der Waals surface area contributed by atoms with Gasteiger partial charge in [-0.3, -0.25) is 0 Å². The van der Waals surface area contributed by atoms with Gasteiger partial charge in [-0.1, -0.05) is 0 Å². The molecular weight excluding hydrogens is 226 g/mol. The first-order chi connectivity index (χ1) is 7.27. The average molecular weight is 237 g/mol. The molecule has 0 bridgehead atoms. The number of nitrogens with two attached hydrogens (primary N) is 3. The van der Waals surface area contributed by atoms with E-state index in [1.807, 2.05) is 0 Å². The summed E-state index contributed by atoms with van der Waals surface area (Å²) >= 11 is 0. The van der Waals surface area contributed by atoms with Crippen LogP contribution in [0.5, 0.6) is 0 Å². The molecule has 0 spiro atoms. The van der Waals surface area contributed by atoms with Gasteiger partial charge >= 0.3 is 6.18 Å². The second kappa shape index (κ2) is 4.26. The molecule has 0 radical (unpaired) electrons. The Morgan fingerprint density at radius 3 is 2.25 bits per heavy atom. The van der Waals surface area contributed by atoms with E-state index < -0.39 is 29.3 Å². The highest BCUT2D eigenvalue weighted by Crippen LogP contribution is 2.36. The predicted molar refractivity (Wildman–Crippen MR) is 51.8 cm³/mol. The SMILES string of the molecule is NC[C@H](N)c1cc(F)c(N)cc1C(F)(F)F. The van der Waals surface area contributed by atoms with E-state index in [4.69, 9.17) is 17.2 Å². The molecule has 0 aromatic heterocycles. The van der Waals surface area contributed by atoms with Gasteiger partial charge in [-0.2, -0.15) is 13.2 Å². The molecule has 1 rings (SSSR count). The molecule has 0 aliphatic rings. The van der Waals surface area contributed by atoms with Crippen molar-refractivity contribution in [3.05, 3.63) is 29.1 Å². The van der Waals surface area contributed by atoms with Crippen molar-refractivity contribution in [1.82, 2.24) is 0 Å². The molecule has 1 aromatic rings. The Balaban J connectivity index is 3.39. The van der Waals surface area contributed by atoms with Gasteiger partial charge < -0.3 is 17.2 Å². The number of hydrogen-bond acceptors (Lipinski definition) is 3. The number of anilines is 1. The fourth-order valence-electron chi connectivity index (χ4n) is 1.28. The molecule has 0 aliphatic carbocycles. The average Bonchev–Trinajstić information content (AvgIpc) is 2.18. The molecular formula is C9H11F4N3. The number of nitrogen functional groups attached to an aromatic ring is 1. The van der Waals surface area contributed by atoms with Gasteiger partial charge in [0.2, 0.25) is 0 Å².